The van der Waals surface area contributed by atoms with Gasteiger partial charge in [-0.05, 0) is 54.7 Å². The largest absolute Gasteiger partial charge is 0.362 e. The molecule has 2 heterocycles. The Labute approximate surface area is 228 Å². The third kappa shape index (κ3) is 2.76. The third-order valence-electron chi connectivity index (χ3n) is 9.67. The lowest BCUT2D eigenvalue weighted by molar-refractivity contribution is -0.705. The average molecular weight is 514 g/mol. The molecule has 4 nitrogen and oxygen atoms in total. The first-order valence-electron chi connectivity index (χ1n) is 13.9. The number of hydrogen-bond donors (Lipinski definition) is 1. The maximum atomic E-state index is 11.6. The van der Waals surface area contributed by atoms with Crippen LogP contribution in [-0.2, 0) is 15.6 Å². The van der Waals surface area contributed by atoms with Crippen molar-refractivity contribution in [1.29, 1.82) is 0 Å². The molecule has 4 heteroatoms. The summed E-state index contributed by atoms with van der Waals surface area (Å²) in [5.41, 5.74) is 9.41. The summed E-state index contributed by atoms with van der Waals surface area (Å²) in [4.78, 5) is 5.09. The zero-order chi connectivity index (χ0) is 27.1. The molecular weight excluding hydrogens is 480 g/mol. The van der Waals surface area contributed by atoms with Crippen LogP contribution in [0.4, 0.5) is 0 Å². The molecule has 1 aliphatic heterocycles. The number of hydrogen-bond acceptors (Lipinski definition) is 3. The fourth-order valence-corrected chi connectivity index (χ4v) is 7.68. The average Bonchev–Trinajstić information content (AvgIpc) is 3.48. The van der Waals surface area contributed by atoms with Gasteiger partial charge in [-0.15, -0.1) is 0 Å². The lowest BCUT2D eigenvalue weighted by Gasteiger charge is -2.27. The van der Waals surface area contributed by atoms with E-state index < -0.39 is 5.79 Å². The smallest absolute Gasteiger partial charge is 0.287 e. The number of methoxy groups -OCH3 is 1. The molecule has 4 aromatic carbocycles. The van der Waals surface area contributed by atoms with E-state index in [-0.39, 0.29) is 22.8 Å². The van der Waals surface area contributed by atoms with Crippen molar-refractivity contribution in [1.82, 2.24) is 4.98 Å². The van der Waals surface area contributed by atoms with Gasteiger partial charge >= 0.3 is 0 Å². The van der Waals surface area contributed by atoms with Gasteiger partial charge in [0.1, 0.15) is 5.69 Å². The van der Waals surface area contributed by atoms with Crippen molar-refractivity contribution in [2.75, 3.05) is 7.11 Å². The SMILES string of the molecule is COC1(O)C2c3ccc4cc(C(C)(C)C)ccc4c3-c3c4c(nc[n+]3C21)-c1ccc2ccccc2c1C4(C)C. The van der Waals surface area contributed by atoms with Crippen LogP contribution in [0.25, 0.3) is 44.1 Å². The van der Waals surface area contributed by atoms with E-state index in [1.165, 1.54) is 49.4 Å². The van der Waals surface area contributed by atoms with Gasteiger partial charge in [-0.2, -0.15) is 0 Å². The van der Waals surface area contributed by atoms with E-state index in [0.717, 1.165) is 17.0 Å². The van der Waals surface area contributed by atoms with Crippen LogP contribution in [-0.4, -0.2) is 23.0 Å². The Bertz CT molecular complexity index is 1900. The molecular formula is C35H33N2O2+. The van der Waals surface area contributed by atoms with Crippen LogP contribution in [0.5, 0.6) is 0 Å². The molecule has 5 aromatic rings. The lowest BCUT2D eigenvalue weighted by atomic mass is 9.77. The van der Waals surface area contributed by atoms with Gasteiger partial charge in [0.15, 0.2) is 11.7 Å². The van der Waals surface area contributed by atoms with Crippen LogP contribution in [0.3, 0.4) is 0 Å². The quantitative estimate of drug-likeness (QED) is 0.195. The van der Waals surface area contributed by atoms with Crippen molar-refractivity contribution in [3.05, 3.63) is 95.3 Å². The monoisotopic (exact) mass is 513 g/mol. The van der Waals surface area contributed by atoms with Crippen LogP contribution >= 0.6 is 0 Å². The number of ether oxygens (including phenoxy) is 1. The summed E-state index contributed by atoms with van der Waals surface area (Å²) < 4.78 is 7.99. The molecule has 1 saturated carbocycles. The topological polar surface area (TPSA) is 46.2 Å². The molecule has 3 unspecified atom stereocenters. The van der Waals surface area contributed by atoms with Gasteiger partial charge in [0.2, 0.25) is 5.79 Å². The molecule has 0 saturated heterocycles. The van der Waals surface area contributed by atoms with E-state index in [1.54, 1.807) is 7.11 Å². The second-order valence-electron chi connectivity index (χ2n) is 13.2. The molecule has 2 aliphatic carbocycles. The van der Waals surface area contributed by atoms with E-state index >= 15 is 0 Å². The van der Waals surface area contributed by atoms with Gasteiger partial charge < -0.3 is 9.84 Å². The van der Waals surface area contributed by atoms with Gasteiger partial charge in [-0.1, -0.05) is 95.3 Å². The minimum Gasteiger partial charge on any atom is -0.362 e. The Morgan fingerprint density at radius 3 is 2.44 bits per heavy atom. The van der Waals surface area contributed by atoms with Gasteiger partial charge in [0.25, 0.3) is 6.33 Å². The molecule has 1 fully saturated rings. The number of benzene rings is 4. The number of aliphatic hydroxyl groups is 1. The van der Waals surface area contributed by atoms with Crippen LogP contribution in [0.15, 0.2) is 73.1 Å². The molecule has 0 radical (unpaired) electrons. The Kier molecular flexibility index (Phi) is 4.26. The van der Waals surface area contributed by atoms with E-state index in [2.05, 4.69) is 106 Å². The van der Waals surface area contributed by atoms with Crippen molar-refractivity contribution < 1.29 is 14.4 Å². The summed E-state index contributed by atoms with van der Waals surface area (Å²) in [5, 5.41) is 16.6. The maximum Gasteiger partial charge on any atom is 0.287 e. The Morgan fingerprint density at radius 2 is 1.67 bits per heavy atom. The van der Waals surface area contributed by atoms with Crippen LogP contribution in [0.2, 0.25) is 0 Å². The summed E-state index contributed by atoms with van der Waals surface area (Å²) in [6.45, 7) is 11.4. The van der Waals surface area contributed by atoms with Gasteiger partial charge in [0.05, 0.1) is 11.5 Å². The molecule has 194 valence electrons. The van der Waals surface area contributed by atoms with E-state index in [0.29, 0.717) is 0 Å². The lowest BCUT2D eigenvalue weighted by Crippen LogP contribution is -2.43. The molecule has 1 aromatic heterocycles. The second kappa shape index (κ2) is 7.12. The molecule has 0 bridgehead atoms. The highest BCUT2D eigenvalue weighted by Crippen LogP contribution is 2.65. The summed E-state index contributed by atoms with van der Waals surface area (Å²) in [6, 6.07) is 24.2. The number of nitrogens with zero attached hydrogens (tertiary/aromatic N) is 2. The predicted molar refractivity (Wildman–Crippen MR) is 155 cm³/mol. The zero-order valence-corrected chi connectivity index (χ0v) is 23.3. The van der Waals surface area contributed by atoms with Gasteiger partial charge in [-0.25, -0.2) is 4.57 Å². The second-order valence-corrected chi connectivity index (χ2v) is 13.2. The number of fused-ring (bicyclic) bond motifs is 14. The van der Waals surface area contributed by atoms with Crippen LogP contribution < -0.4 is 4.57 Å². The fourth-order valence-electron chi connectivity index (χ4n) is 7.68. The summed E-state index contributed by atoms with van der Waals surface area (Å²) in [5.74, 6) is -1.38. The first-order chi connectivity index (χ1) is 18.6. The zero-order valence-electron chi connectivity index (χ0n) is 23.3. The van der Waals surface area contributed by atoms with Gasteiger partial charge in [0, 0.05) is 23.7 Å². The summed E-state index contributed by atoms with van der Waals surface area (Å²) in [6.07, 6.45) is 1.94. The molecule has 8 rings (SSSR count). The minimum atomic E-state index is -1.25. The van der Waals surface area contributed by atoms with Crippen LogP contribution in [0.1, 0.15) is 68.8 Å². The highest BCUT2D eigenvalue weighted by atomic mass is 16.6. The van der Waals surface area contributed by atoms with E-state index in [9.17, 15) is 5.11 Å². The molecule has 1 N–H and O–H groups in total. The standard InChI is InChI=1S/C35H33N2O2/c1-33(2,3)21-13-16-22-20(17-21)12-14-24-26(22)31-29-30(36-18-37(31)32-28(24)35(32,38)39-6)25-15-11-19-9-7-8-10-23(19)27(25)34(29,4)5/h7-18,28,32,38H,1-6H3/q+1. The molecule has 0 amide bonds. The van der Waals surface area contributed by atoms with Crippen molar-refractivity contribution in [3.8, 4) is 22.5 Å². The summed E-state index contributed by atoms with van der Waals surface area (Å²) >= 11 is 0. The maximum absolute atomic E-state index is 11.6. The first kappa shape index (κ1) is 23.3. The normalized spacial score (nSPS) is 23.7. The van der Waals surface area contributed by atoms with Crippen molar-refractivity contribution in [2.45, 2.75) is 63.2 Å². The first-order valence-corrected chi connectivity index (χ1v) is 13.9. The summed E-state index contributed by atoms with van der Waals surface area (Å²) in [7, 11) is 1.61. The predicted octanol–water partition coefficient (Wildman–Crippen LogP) is 6.93. The fraction of sp³-hybridized carbons (Fsp3) is 0.314. The molecule has 3 atom stereocenters. The Balaban J connectivity index is 1.49. The highest BCUT2D eigenvalue weighted by molar-refractivity contribution is 6.03. The Hall–Kier alpha value is -3.60. The van der Waals surface area contributed by atoms with Crippen molar-refractivity contribution >= 4 is 21.5 Å². The third-order valence-corrected chi connectivity index (χ3v) is 9.67. The number of aromatic nitrogens is 2. The van der Waals surface area contributed by atoms with E-state index in [1.807, 2.05) is 6.33 Å². The van der Waals surface area contributed by atoms with Crippen molar-refractivity contribution in [3.63, 3.8) is 0 Å². The Morgan fingerprint density at radius 1 is 0.897 bits per heavy atom. The minimum absolute atomic E-state index is 0.0600. The molecule has 0 spiro atoms. The highest BCUT2D eigenvalue weighted by Gasteiger charge is 2.74. The number of rotatable bonds is 1. The van der Waals surface area contributed by atoms with Crippen molar-refractivity contribution in [2.24, 2.45) is 0 Å². The van der Waals surface area contributed by atoms with E-state index in [4.69, 9.17) is 9.72 Å². The van der Waals surface area contributed by atoms with Gasteiger partial charge in [-0.3, -0.25) is 0 Å². The molecule has 3 aliphatic rings. The van der Waals surface area contributed by atoms with Crippen LogP contribution in [0, 0.1) is 0 Å². The molecule has 39 heavy (non-hydrogen) atoms.